The van der Waals surface area contributed by atoms with E-state index in [1.807, 2.05) is 31.2 Å². The molecule has 21 heavy (non-hydrogen) atoms. The van der Waals surface area contributed by atoms with Gasteiger partial charge >= 0.3 is 0 Å². The Morgan fingerprint density at radius 2 is 1.95 bits per heavy atom. The van der Waals surface area contributed by atoms with Crippen LogP contribution in [0.3, 0.4) is 0 Å². The van der Waals surface area contributed by atoms with Crippen LogP contribution in [-0.2, 0) is 10.2 Å². The number of aryl methyl sites for hydroxylation is 1. The summed E-state index contributed by atoms with van der Waals surface area (Å²) in [7, 11) is 0. The van der Waals surface area contributed by atoms with Gasteiger partial charge in [0.2, 0.25) is 5.91 Å². The summed E-state index contributed by atoms with van der Waals surface area (Å²) < 4.78 is 0. The quantitative estimate of drug-likeness (QED) is 0.852. The standard InChI is InChI=1S/C15H15ClN4O/c1-10-4-2-3-5-11(10)15(6-7-15)14(21)20-19-13-12(16)17-8-9-18-13/h2-5,8-9H,6-7H2,1H3,(H,18,19)(H,20,21). The summed E-state index contributed by atoms with van der Waals surface area (Å²) in [6, 6.07) is 7.97. The Balaban J connectivity index is 1.74. The van der Waals surface area contributed by atoms with Crippen molar-refractivity contribution >= 4 is 23.3 Å². The minimum atomic E-state index is -0.437. The molecule has 0 bridgehead atoms. The number of amides is 1. The number of hydrazine groups is 1. The van der Waals surface area contributed by atoms with Crippen LogP contribution >= 0.6 is 11.6 Å². The molecule has 1 aliphatic carbocycles. The molecular formula is C15H15ClN4O. The molecule has 1 amide bonds. The van der Waals surface area contributed by atoms with E-state index in [4.69, 9.17) is 11.6 Å². The Morgan fingerprint density at radius 3 is 2.62 bits per heavy atom. The molecule has 108 valence electrons. The molecule has 0 atom stereocenters. The number of benzene rings is 1. The van der Waals surface area contributed by atoms with Crippen LogP contribution in [0.1, 0.15) is 24.0 Å². The van der Waals surface area contributed by atoms with Crippen LogP contribution in [0.25, 0.3) is 0 Å². The fourth-order valence-electron chi connectivity index (χ4n) is 2.49. The lowest BCUT2D eigenvalue weighted by Crippen LogP contribution is -2.39. The highest BCUT2D eigenvalue weighted by Crippen LogP contribution is 2.49. The van der Waals surface area contributed by atoms with Crippen LogP contribution < -0.4 is 10.9 Å². The van der Waals surface area contributed by atoms with Crippen molar-refractivity contribution in [3.05, 3.63) is 52.9 Å². The predicted molar refractivity (Wildman–Crippen MR) is 80.9 cm³/mol. The number of nitrogens with zero attached hydrogens (tertiary/aromatic N) is 2. The molecule has 0 spiro atoms. The second-order valence-corrected chi connectivity index (χ2v) is 5.53. The van der Waals surface area contributed by atoms with Gasteiger partial charge in [0.05, 0.1) is 5.41 Å². The molecule has 6 heteroatoms. The molecule has 0 radical (unpaired) electrons. The van der Waals surface area contributed by atoms with Crippen molar-refractivity contribution < 1.29 is 4.79 Å². The highest BCUT2D eigenvalue weighted by atomic mass is 35.5. The third kappa shape index (κ3) is 2.56. The maximum absolute atomic E-state index is 12.5. The first-order valence-corrected chi connectivity index (χ1v) is 7.10. The van der Waals surface area contributed by atoms with Crippen molar-refractivity contribution in [2.24, 2.45) is 0 Å². The van der Waals surface area contributed by atoms with Crippen LogP contribution in [0.4, 0.5) is 5.82 Å². The maximum Gasteiger partial charge on any atom is 0.249 e. The normalized spacial score (nSPS) is 15.3. The van der Waals surface area contributed by atoms with Gasteiger partial charge in [-0.3, -0.25) is 15.6 Å². The van der Waals surface area contributed by atoms with Gasteiger partial charge in [0.25, 0.3) is 0 Å². The largest absolute Gasteiger partial charge is 0.279 e. The molecule has 5 nitrogen and oxygen atoms in total. The van der Waals surface area contributed by atoms with E-state index < -0.39 is 5.41 Å². The van der Waals surface area contributed by atoms with E-state index in [1.54, 1.807) is 0 Å². The topological polar surface area (TPSA) is 66.9 Å². The Kier molecular flexibility index (Phi) is 3.51. The Bertz CT molecular complexity index is 685. The first kappa shape index (κ1) is 13.8. The first-order valence-electron chi connectivity index (χ1n) is 6.72. The molecule has 1 heterocycles. The predicted octanol–water partition coefficient (Wildman–Crippen LogP) is 2.61. The number of halogens is 1. The van der Waals surface area contributed by atoms with Crippen molar-refractivity contribution in [2.45, 2.75) is 25.2 Å². The molecule has 0 unspecified atom stereocenters. The minimum absolute atomic E-state index is 0.0708. The number of hydrogen-bond donors (Lipinski definition) is 2. The number of aromatic nitrogens is 2. The Morgan fingerprint density at radius 1 is 1.24 bits per heavy atom. The van der Waals surface area contributed by atoms with E-state index in [0.29, 0.717) is 5.82 Å². The number of carbonyl (C=O) groups is 1. The molecule has 1 aromatic heterocycles. The molecule has 3 rings (SSSR count). The van der Waals surface area contributed by atoms with Gasteiger partial charge < -0.3 is 0 Å². The third-order valence-electron chi connectivity index (χ3n) is 3.79. The average Bonchev–Trinajstić information content (AvgIpc) is 3.28. The van der Waals surface area contributed by atoms with Gasteiger partial charge in [0.15, 0.2) is 11.0 Å². The summed E-state index contributed by atoms with van der Waals surface area (Å²) in [4.78, 5) is 20.4. The number of nitrogens with one attached hydrogen (secondary N) is 2. The average molecular weight is 303 g/mol. The van der Waals surface area contributed by atoms with E-state index in [0.717, 1.165) is 24.0 Å². The number of anilines is 1. The van der Waals surface area contributed by atoms with Gasteiger partial charge in [-0.1, -0.05) is 35.9 Å². The van der Waals surface area contributed by atoms with E-state index >= 15 is 0 Å². The molecule has 0 aliphatic heterocycles. The SMILES string of the molecule is Cc1ccccc1C1(C(=O)NNc2nccnc2Cl)CC1. The lowest BCUT2D eigenvalue weighted by molar-refractivity contribution is -0.123. The zero-order valence-corrected chi connectivity index (χ0v) is 12.3. The lowest BCUT2D eigenvalue weighted by Gasteiger charge is -2.18. The van der Waals surface area contributed by atoms with E-state index in [9.17, 15) is 4.79 Å². The van der Waals surface area contributed by atoms with E-state index in [2.05, 4.69) is 20.8 Å². The van der Waals surface area contributed by atoms with Gasteiger partial charge in [-0.25, -0.2) is 9.97 Å². The molecule has 1 saturated carbocycles. The third-order valence-corrected chi connectivity index (χ3v) is 4.07. The van der Waals surface area contributed by atoms with E-state index in [-0.39, 0.29) is 11.1 Å². The maximum atomic E-state index is 12.5. The highest BCUT2D eigenvalue weighted by Gasteiger charge is 2.52. The smallest absolute Gasteiger partial charge is 0.249 e. The second-order valence-electron chi connectivity index (χ2n) is 5.17. The molecule has 1 aromatic carbocycles. The number of carbonyl (C=O) groups excluding carboxylic acids is 1. The Labute approximate surface area is 127 Å². The summed E-state index contributed by atoms with van der Waals surface area (Å²) in [5, 5.41) is 0.221. The molecule has 1 fully saturated rings. The van der Waals surface area contributed by atoms with Gasteiger partial charge in [0.1, 0.15) is 0 Å². The minimum Gasteiger partial charge on any atom is -0.279 e. The second kappa shape index (κ2) is 5.33. The summed E-state index contributed by atoms with van der Waals surface area (Å²) in [5.74, 6) is 0.270. The van der Waals surface area contributed by atoms with Gasteiger partial charge in [-0.05, 0) is 30.9 Å². The van der Waals surface area contributed by atoms with Crippen LogP contribution in [0.15, 0.2) is 36.7 Å². The van der Waals surface area contributed by atoms with Crippen LogP contribution in [0, 0.1) is 6.92 Å². The summed E-state index contributed by atoms with van der Waals surface area (Å²) in [5.41, 5.74) is 7.20. The van der Waals surface area contributed by atoms with Crippen LogP contribution in [-0.4, -0.2) is 15.9 Å². The Hall–Kier alpha value is -2.14. The molecule has 0 saturated heterocycles. The summed E-state index contributed by atoms with van der Waals surface area (Å²) in [6.45, 7) is 2.02. The fraction of sp³-hybridized carbons (Fsp3) is 0.267. The van der Waals surface area contributed by atoms with Crippen molar-refractivity contribution in [3.63, 3.8) is 0 Å². The zero-order valence-electron chi connectivity index (χ0n) is 11.6. The summed E-state index contributed by atoms with van der Waals surface area (Å²) >= 11 is 5.89. The van der Waals surface area contributed by atoms with Crippen molar-refractivity contribution in [2.75, 3.05) is 5.43 Å². The highest BCUT2D eigenvalue weighted by molar-refractivity contribution is 6.31. The number of hydrogen-bond acceptors (Lipinski definition) is 4. The molecular weight excluding hydrogens is 288 g/mol. The first-order chi connectivity index (χ1) is 10.1. The summed E-state index contributed by atoms with van der Waals surface area (Å²) in [6.07, 6.45) is 4.69. The van der Waals surface area contributed by atoms with E-state index in [1.165, 1.54) is 12.4 Å². The van der Waals surface area contributed by atoms with Gasteiger partial charge in [-0.2, -0.15) is 0 Å². The van der Waals surface area contributed by atoms with Crippen LogP contribution in [0.5, 0.6) is 0 Å². The van der Waals surface area contributed by atoms with Gasteiger partial charge in [-0.15, -0.1) is 0 Å². The van der Waals surface area contributed by atoms with Crippen molar-refractivity contribution in [3.8, 4) is 0 Å². The molecule has 1 aliphatic rings. The van der Waals surface area contributed by atoms with Crippen LogP contribution in [0.2, 0.25) is 5.15 Å². The number of rotatable bonds is 4. The fourth-order valence-corrected chi connectivity index (χ4v) is 2.65. The zero-order chi connectivity index (χ0) is 14.9. The lowest BCUT2D eigenvalue weighted by atomic mass is 9.91. The van der Waals surface area contributed by atoms with Crippen molar-refractivity contribution in [1.29, 1.82) is 0 Å². The van der Waals surface area contributed by atoms with Crippen molar-refractivity contribution in [1.82, 2.24) is 15.4 Å². The monoisotopic (exact) mass is 302 g/mol. The van der Waals surface area contributed by atoms with Gasteiger partial charge in [0, 0.05) is 12.4 Å². The molecule has 2 aromatic rings. The molecule has 2 N–H and O–H groups in total.